The van der Waals surface area contributed by atoms with Crippen molar-refractivity contribution in [2.24, 2.45) is 5.92 Å². The van der Waals surface area contributed by atoms with E-state index in [2.05, 4.69) is 6.92 Å². The highest BCUT2D eigenvalue weighted by atomic mass is 16.6. The molecule has 3 aromatic carbocycles. The lowest BCUT2D eigenvalue weighted by Gasteiger charge is -2.17. The van der Waals surface area contributed by atoms with Crippen molar-refractivity contribution < 1.29 is 45.6 Å². The molecule has 9 heteroatoms. The van der Waals surface area contributed by atoms with Gasteiger partial charge >= 0.3 is 23.9 Å². The molecule has 0 N–H and O–H groups in total. The molecule has 0 radical (unpaired) electrons. The monoisotopic (exact) mass is 648 g/mol. The van der Waals surface area contributed by atoms with Gasteiger partial charge in [-0.1, -0.05) is 77.1 Å². The first-order valence-electron chi connectivity index (χ1n) is 17.2. The number of hydrogen-bond donors (Lipinski definition) is 0. The molecule has 3 atom stereocenters. The van der Waals surface area contributed by atoms with Crippen LogP contribution in [-0.4, -0.2) is 49.3 Å². The first kappa shape index (κ1) is 33.7. The van der Waals surface area contributed by atoms with E-state index in [0.717, 1.165) is 48.3 Å². The molecule has 0 spiro atoms. The number of rotatable bonds is 18. The molecule has 0 aliphatic heterocycles. The molecule has 252 valence electrons. The summed E-state index contributed by atoms with van der Waals surface area (Å²) in [6.45, 7) is 9.55. The predicted octanol–water partition coefficient (Wildman–Crippen LogP) is 7.99. The predicted molar refractivity (Wildman–Crippen MR) is 178 cm³/mol. The van der Waals surface area contributed by atoms with E-state index in [-0.39, 0.29) is 29.4 Å². The third-order valence-corrected chi connectivity index (χ3v) is 7.42. The number of carbonyl (C=O) groups excluding carboxylic acids is 4. The van der Waals surface area contributed by atoms with Gasteiger partial charge in [0, 0.05) is 0 Å². The van der Waals surface area contributed by atoms with E-state index in [1.54, 1.807) is 24.3 Å². The summed E-state index contributed by atoms with van der Waals surface area (Å²) < 4.78 is 43.1. The number of benzene rings is 3. The highest BCUT2D eigenvalue weighted by molar-refractivity contribution is 5.93. The summed E-state index contributed by atoms with van der Waals surface area (Å²) in [6, 6.07) is 15.8. The van der Waals surface area contributed by atoms with Crippen LogP contribution >= 0.6 is 0 Å². The van der Waals surface area contributed by atoms with E-state index in [4.69, 9.17) is 26.4 Å². The summed E-state index contributed by atoms with van der Waals surface area (Å²) in [5.41, 5.74) is 1.82. The van der Waals surface area contributed by atoms with Crippen molar-refractivity contribution in [3.05, 3.63) is 83.9 Å². The molecule has 0 bridgehead atoms. The lowest BCUT2D eigenvalue weighted by Crippen LogP contribution is -2.33. The topological polar surface area (TPSA) is 114 Å². The maximum Gasteiger partial charge on any atom is 0.348 e. The Morgan fingerprint density at radius 1 is 0.660 bits per heavy atom. The molecule has 47 heavy (non-hydrogen) atoms. The largest absolute Gasteiger partial charge is 0.494 e. The molecular formula is C38H46O9. The van der Waals surface area contributed by atoms with Crippen LogP contribution in [0.5, 0.6) is 11.5 Å². The summed E-state index contributed by atoms with van der Waals surface area (Å²) >= 11 is 0. The van der Waals surface area contributed by atoms with Crippen molar-refractivity contribution in [3.63, 3.8) is 0 Å². The van der Waals surface area contributed by atoms with Gasteiger partial charge in [-0.2, -0.15) is 0 Å². The lowest BCUT2D eigenvalue weighted by atomic mass is 10.0. The van der Waals surface area contributed by atoms with Crippen LogP contribution < -0.4 is 9.47 Å². The minimum Gasteiger partial charge on any atom is -0.494 e. The van der Waals surface area contributed by atoms with Crippen LogP contribution in [0.25, 0.3) is 11.1 Å². The SMILES string of the molecule is [2H]c1cc(C(=O)O[C@@H](C)C(=O)O[C@@H](C)C(=O)OC[C@@H](C)CC)cc([2H])c1OC(=O)c1ccc(-c2ccc(OCCCCCCC)cc2)cc1. The van der Waals surface area contributed by atoms with E-state index in [1.807, 2.05) is 38.1 Å². The smallest absolute Gasteiger partial charge is 0.348 e. The summed E-state index contributed by atoms with van der Waals surface area (Å²) in [5.74, 6) is -2.86. The Morgan fingerprint density at radius 2 is 1.23 bits per heavy atom. The molecular weight excluding hydrogens is 600 g/mol. The number of unbranched alkanes of at least 4 members (excludes halogenated alkanes) is 4. The Kier molecular flexibility index (Phi) is 13.7. The Bertz CT molecular complexity index is 1530. The molecule has 0 saturated heterocycles. The van der Waals surface area contributed by atoms with Gasteiger partial charge in [-0.05, 0) is 85.8 Å². The number of ether oxygens (including phenoxy) is 5. The van der Waals surface area contributed by atoms with Gasteiger partial charge in [-0.15, -0.1) is 0 Å². The molecule has 0 fully saturated rings. The van der Waals surface area contributed by atoms with Crippen LogP contribution in [0.2, 0.25) is 0 Å². The van der Waals surface area contributed by atoms with Crippen molar-refractivity contribution in [2.75, 3.05) is 13.2 Å². The lowest BCUT2D eigenvalue weighted by molar-refractivity contribution is -0.172. The zero-order valence-corrected chi connectivity index (χ0v) is 27.8. The van der Waals surface area contributed by atoms with Crippen molar-refractivity contribution in [3.8, 4) is 22.6 Å². The fourth-order valence-electron chi connectivity index (χ4n) is 4.19. The quantitative estimate of drug-likeness (QED) is 0.0586. The van der Waals surface area contributed by atoms with Crippen LogP contribution in [-0.2, 0) is 23.8 Å². The van der Waals surface area contributed by atoms with Gasteiger partial charge in [-0.3, -0.25) is 0 Å². The number of esters is 4. The van der Waals surface area contributed by atoms with Crippen LogP contribution in [0.1, 0.15) is 96.6 Å². The molecule has 0 aliphatic rings. The van der Waals surface area contributed by atoms with Crippen LogP contribution in [0.15, 0.2) is 72.7 Å². The second-order valence-corrected chi connectivity index (χ2v) is 11.4. The second kappa shape index (κ2) is 19.1. The van der Waals surface area contributed by atoms with Crippen LogP contribution in [0.4, 0.5) is 0 Å². The average Bonchev–Trinajstić information content (AvgIpc) is 3.10. The maximum atomic E-state index is 12.9. The Balaban J connectivity index is 1.54. The first-order valence-corrected chi connectivity index (χ1v) is 16.2. The summed E-state index contributed by atoms with van der Waals surface area (Å²) in [4.78, 5) is 50.1. The van der Waals surface area contributed by atoms with Gasteiger partial charge in [0.25, 0.3) is 0 Å². The van der Waals surface area contributed by atoms with Crippen molar-refractivity contribution in [1.82, 2.24) is 0 Å². The standard InChI is InChI=1S/C38H46O9/c1-6-8-9-10-11-24-43-33-20-16-30(17-21-33)29-12-14-31(15-13-29)38(42)47-34-22-18-32(19-23-34)37(41)46-28(5)36(40)45-27(4)35(39)44-25-26(3)7-2/h12-23,26-28H,6-11,24-25H2,1-5H3/t26-,27-,28-/m0/s1/i22D,23D. The van der Waals surface area contributed by atoms with Crippen molar-refractivity contribution in [2.45, 2.75) is 85.4 Å². The van der Waals surface area contributed by atoms with E-state index in [9.17, 15) is 19.2 Å². The third kappa shape index (κ3) is 12.2. The Labute approximate surface area is 280 Å². The minimum absolute atomic E-state index is 0.154. The minimum atomic E-state index is -1.39. The van der Waals surface area contributed by atoms with Gasteiger partial charge in [0.2, 0.25) is 0 Å². The van der Waals surface area contributed by atoms with Crippen molar-refractivity contribution in [1.29, 1.82) is 0 Å². The Hall–Kier alpha value is -4.66. The maximum absolute atomic E-state index is 12.9. The highest BCUT2D eigenvalue weighted by Crippen LogP contribution is 2.24. The van der Waals surface area contributed by atoms with Gasteiger partial charge < -0.3 is 23.7 Å². The molecule has 0 saturated carbocycles. The van der Waals surface area contributed by atoms with E-state index in [0.29, 0.717) is 6.61 Å². The molecule has 0 amide bonds. The van der Waals surface area contributed by atoms with Crippen LogP contribution in [0.3, 0.4) is 0 Å². The van der Waals surface area contributed by atoms with E-state index >= 15 is 0 Å². The molecule has 9 nitrogen and oxygen atoms in total. The molecule has 0 aromatic heterocycles. The molecule has 0 heterocycles. The summed E-state index contributed by atoms with van der Waals surface area (Å²) in [6.07, 6.45) is 4.09. The number of hydrogen-bond acceptors (Lipinski definition) is 9. The van der Waals surface area contributed by atoms with Gasteiger partial charge in [0.05, 0.1) is 27.1 Å². The van der Waals surface area contributed by atoms with Crippen molar-refractivity contribution >= 4 is 23.9 Å². The van der Waals surface area contributed by atoms with Gasteiger partial charge in [0.1, 0.15) is 11.5 Å². The molecule has 3 rings (SSSR count). The van der Waals surface area contributed by atoms with Gasteiger partial charge in [0.15, 0.2) is 12.2 Å². The fraction of sp³-hybridized carbons (Fsp3) is 0.421. The van der Waals surface area contributed by atoms with E-state index < -0.39 is 48.2 Å². The molecule has 0 aliphatic carbocycles. The first-order chi connectivity index (χ1) is 23.4. The van der Waals surface area contributed by atoms with Crippen LogP contribution in [0, 0.1) is 5.92 Å². The van der Waals surface area contributed by atoms with E-state index in [1.165, 1.54) is 33.1 Å². The average molecular weight is 649 g/mol. The highest BCUT2D eigenvalue weighted by Gasteiger charge is 2.26. The normalized spacial score (nSPS) is 13.3. The van der Waals surface area contributed by atoms with Gasteiger partial charge in [-0.25, -0.2) is 19.2 Å². The summed E-state index contributed by atoms with van der Waals surface area (Å²) in [5, 5.41) is 0. The number of carbonyl (C=O) groups is 4. The zero-order chi connectivity index (χ0) is 35.9. The molecule has 0 unspecified atom stereocenters. The second-order valence-electron chi connectivity index (χ2n) is 11.4. The zero-order valence-electron chi connectivity index (χ0n) is 29.8. The Morgan fingerprint density at radius 3 is 1.85 bits per heavy atom. The summed E-state index contributed by atoms with van der Waals surface area (Å²) in [7, 11) is 0. The molecule has 3 aromatic rings. The third-order valence-electron chi connectivity index (χ3n) is 7.42. The fourth-order valence-corrected chi connectivity index (χ4v) is 4.19.